The van der Waals surface area contributed by atoms with Crippen molar-refractivity contribution in [1.29, 1.82) is 0 Å². The topological polar surface area (TPSA) is 70.2 Å². The lowest BCUT2D eigenvalue weighted by Gasteiger charge is -2.32. The van der Waals surface area contributed by atoms with Gasteiger partial charge in [0, 0.05) is 31.9 Å². The Bertz CT molecular complexity index is 656. The predicted octanol–water partition coefficient (Wildman–Crippen LogP) is 2.40. The summed E-state index contributed by atoms with van der Waals surface area (Å²) in [4.78, 5) is 22.4. The number of amides is 2. The van der Waals surface area contributed by atoms with E-state index in [0.717, 1.165) is 44.4 Å². The molecule has 0 unspecified atom stereocenters. The Balaban J connectivity index is 1.41. The molecule has 0 bridgehead atoms. The van der Waals surface area contributed by atoms with Crippen molar-refractivity contribution in [3.63, 3.8) is 0 Å². The van der Waals surface area contributed by atoms with Gasteiger partial charge in [0.05, 0.1) is 11.9 Å². The Labute approximate surface area is 140 Å². The molecule has 7 heteroatoms. The summed E-state index contributed by atoms with van der Waals surface area (Å²) in [5.41, 5.74) is 1.06. The molecule has 1 fully saturated rings. The van der Waals surface area contributed by atoms with Crippen molar-refractivity contribution in [3.05, 3.63) is 54.2 Å². The van der Waals surface area contributed by atoms with Gasteiger partial charge in [0.1, 0.15) is 11.6 Å². The molecular formula is C17H20FN5O. The van der Waals surface area contributed by atoms with Gasteiger partial charge in [-0.3, -0.25) is 15.2 Å². The molecule has 3 heterocycles. The van der Waals surface area contributed by atoms with E-state index in [2.05, 4.69) is 25.5 Å². The number of carbonyl (C=O) groups is 1. The second kappa shape index (κ2) is 7.83. The number of carbonyl (C=O) groups excluding carboxylic acids is 1. The van der Waals surface area contributed by atoms with Crippen molar-refractivity contribution in [2.75, 3.05) is 18.4 Å². The van der Waals surface area contributed by atoms with E-state index in [0.29, 0.717) is 5.82 Å². The average molecular weight is 329 g/mol. The SMILES string of the molecule is O=C(Nc1ccc(F)cn1)NC1CCN(Cc2ccccn2)CC1. The number of halogens is 1. The van der Waals surface area contributed by atoms with Crippen LogP contribution in [0.15, 0.2) is 42.7 Å². The lowest BCUT2D eigenvalue weighted by Crippen LogP contribution is -2.45. The fraction of sp³-hybridized carbons (Fsp3) is 0.353. The van der Waals surface area contributed by atoms with Gasteiger partial charge < -0.3 is 5.32 Å². The van der Waals surface area contributed by atoms with Crippen molar-refractivity contribution in [2.24, 2.45) is 0 Å². The van der Waals surface area contributed by atoms with E-state index >= 15 is 0 Å². The molecule has 2 amide bonds. The van der Waals surface area contributed by atoms with Crippen molar-refractivity contribution in [3.8, 4) is 0 Å². The molecule has 1 aliphatic rings. The van der Waals surface area contributed by atoms with Crippen molar-refractivity contribution in [1.82, 2.24) is 20.2 Å². The summed E-state index contributed by atoms with van der Waals surface area (Å²) in [6.45, 7) is 2.66. The molecule has 2 N–H and O–H groups in total. The molecule has 6 nitrogen and oxygen atoms in total. The van der Waals surface area contributed by atoms with Gasteiger partial charge in [-0.1, -0.05) is 6.07 Å². The lowest BCUT2D eigenvalue weighted by atomic mass is 10.1. The zero-order valence-corrected chi connectivity index (χ0v) is 13.3. The summed E-state index contributed by atoms with van der Waals surface area (Å²) < 4.78 is 12.8. The molecule has 2 aromatic heterocycles. The number of hydrogen-bond donors (Lipinski definition) is 2. The highest BCUT2D eigenvalue weighted by atomic mass is 19.1. The Morgan fingerprint density at radius 3 is 2.71 bits per heavy atom. The lowest BCUT2D eigenvalue weighted by molar-refractivity contribution is 0.188. The first-order chi connectivity index (χ1) is 11.7. The van der Waals surface area contributed by atoms with E-state index in [9.17, 15) is 9.18 Å². The number of urea groups is 1. The van der Waals surface area contributed by atoms with Gasteiger partial charge in [0.2, 0.25) is 0 Å². The number of anilines is 1. The maximum Gasteiger partial charge on any atom is 0.320 e. The molecule has 0 saturated carbocycles. The molecule has 0 radical (unpaired) electrons. The van der Waals surface area contributed by atoms with Gasteiger partial charge >= 0.3 is 6.03 Å². The van der Waals surface area contributed by atoms with Crippen LogP contribution in [0.2, 0.25) is 0 Å². The second-order valence-corrected chi connectivity index (χ2v) is 5.83. The molecule has 1 aliphatic heterocycles. The molecule has 0 aliphatic carbocycles. The third-order valence-corrected chi connectivity index (χ3v) is 4.00. The van der Waals surface area contributed by atoms with Crippen LogP contribution in [-0.2, 0) is 6.54 Å². The Morgan fingerprint density at radius 2 is 2.04 bits per heavy atom. The van der Waals surface area contributed by atoms with Crippen LogP contribution in [0.3, 0.4) is 0 Å². The van der Waals surface area contributed by atoms with Gasteiger partial charge in [-0.25, -0.2) is 14.2 Å². The van der Waals surface area contributed by atoms with Crippen molar-refractivity contribution in [2.45, 2.75) is 25.4 Å². The fourth-order valence-electron chi connectivity index (χ4n) is 2.74. The first-order valence-corrected chi connectivity index (χ1v) is 8.00. The van der Waals surface area contributed by atoms with Gasteiger partial charge in [-0.15, -0.1) is 0 Å². The van der Waals surface area contributed by atoms with Crippen molar-refractivity contribution < 1.29 is 9.18 Å². The van der Waals surface area contributed by atoms with Crippen LogP contribution in [0.1, 0.15) is 18.5 Å². The summed E-state index contributed by atoms with van der Waals surface area (Å²) >= 11 is 0. The minimum Gasteiger partial charge on any atom is -0.335 e. The molecule has 126 valence electrons. The fourth-order valence-corrected chi connectivity index (χ4v) is 2.74. The van der Waals surface area contributed by atoms with Crippen LogP contribution in [0.25, 0.3) is 0 Å². The van der Waals surface area contributed by atoms with Gasteiger partial charge in [0.25, 0.3) is 0 Å². The Morgan fingerprint density at radius 1 is 1.21 bits per heavy atom. The van der Waals surface area contributed by atoms with Gasteiger partial charge in [-0.05, 0) is 37.1 Å². The summed E-state index contributed by atoms with van der Waals surface area (Å²) in [6, 6.07) is 8.44. The van der Waals surface area contributed by atoms with E-state index in [1.165, 1.54) is 12.1 Å². The first-order valence-electron chi connectivity index (χ1n) is 8.00. The predicted molar refractivity (Wildman–Crippen MR) is 88.9 cm³/mol. The molecule has 1 saturated heterocycles. The van der Waals surface area contributed by atoms with Crippen LogP contribution in [0.5, 0.6) is 0 Å². The number of hydrogen-bond acceptors (Lipinski definition) is 4. The number of pyridine rings is 2. The Hall–Kier alpha value is -2.54. The van der Waals surface area contributed by atoms with Gasteiger partial charge in [0.15, 0.2) is 0 Å². The highest BCUT2D eigenvalue weighted by Crippen LogP contribution is 2.13. The first kappa shape index (κ1) is 16.3. The van der Waals surface area contributed by atoms with Crippen LogP contribution in [-0.4, -0.2) is 40.0 Å². The van der Waals surface area contributed by atoms with Crippen LogP contribution >= 0.6 is 0 Å². The van der Waals surface area contributed by atoms with Gasteiger partial charge in [-0.2, -0.15) is 0 Å². The molecule has 24 heavy (non-hydrogen) atoms. The summed E-state index contributed by atoms with van der Waals surface area (Å²) in [5, 5.41) is 5.56. The second-order valence-electron chi connectivity index (χ2n) is 5.83. The maximum absolute atomic E-state index is 12.8. The number of nitrogens with one attached hydrogen (secondary N) is 2. The largest absolute Gasteiger partial charge is 0.335 e. The minimum absolute atomic E-state index is 0.130. The van der Waals surface area contributed by atoms with Crippen LogP contribution in [0.4, 0.5) is 15.0 Å². The maximum atomic E-state index is 12.8. The Kier molecular flexibility index (Phi) is 5.32. The van der Waals surface area contributed by atoms with E-state index in [-0.39, 0.29) is 12.1 Å². The van der Waals surface area contributed by atoms with Crippen molar-refractivity contribution >= 4 is 11.8 Å². The highest BCUT2D eigenvalue weighted by Gasteiger charge is 2.21. The zero-order chi connectivity index (χ0) is 16.8. The molecule has 0 aromatic carbocycles. The molecule has 0 spiro atoms. The molecular weight excluding hydrogens is 309 g/mol. The van der Waals surface area contributed by atoms with Crippen LogP contribution in [0, 0.1) is 5.82 Å². The number of likely N-dealkylation sites (tertiary alicyclic amines) is 1. The van der Waals surface area contributed by atoms with E-state index in [1.807, 2.05) is 18.2 Å². The van der Waals surface area contributed by atoms with Crippen LogP contribution < -0.4 is 10.6 Å². The third kappa shape index (κ3) is 4.73. The van der Waals surface area contributed by atoms with E-state index < -0.39 is 5.82 Å². The summed E-state index contributed by atoms with van der Waals surface area (Å²) in [6.07, 6.45) is 4.65. The van der Waals surface area contributed by atoms with E-state index in [1.54, 1.807) is 6.20 Å². The number of nitrogens with zero attached hydrogens (tertiary/aromatic N) is 3. The zero-order valence-electron chi connectivity index (χ0n) is 13.3. The quantitative estimate of drug-likeness (QED) is 0.904. The highest BCUT2D eigenvalue weighted by molar-refractivity contribution is 5.88. The molecule has 0 atom stereocenters. The monoisotopic (exact) mass is 329 g/mol. The average Bonchev–Trinajstić information content (AvgIpc) is 2.60. The summed E-state index contributed by atoms with van der Waals surface area (Å²) in [7, 11) is 0. The third-order valence-electron chi connectivity index (χ3n) is 4.00. The number of rotatable bonds is 4. The minimum atomic E-state index is -0.429. The number of aromatic nitrogens is 2. The van der Waals surface area contributed by atoms with E-state index in [4.69, 9.17) is 0 Å². The summed E-state index contributed by atoms with van der Waals surface area (Å²) in [5.74, 6) is -0.0947. The smallest absolute Gasteiger partial charge is 0.320 e. The normalized spacial score (nSPS) is 15.9. The molecule has 2 aromatic rings. The number of piperidine rings is 1. The standard InChI is InChI=1S/C17H20FN5O/c18-13-4-5-16(20-11-13)22-17(24)21-14-6-9-23(10-7-14)12-15-3-1-2-8-19-15/h1-5,8,11,14H,6-7,9-10,12H2,(H2,20,21,22,24). The molecule has 3 rings (SSSR count).